The van der Waals surface area contributed by atoms with E-state index in [0.717, 1.165) is 37.3 Å². The summed E-state index contributed by atoms with van der Waals surface area (Å²) in [6.07, 6.45) is 0.685. The topological polar surface area (TPSA) is 83.9 Å². The first-order valence-electron chi connectivity index (χ1n) is 9.55. The van der Waals surface area contributed by atoms with Crippen LogP contribution in [0.15, 0.2) is 16.9 Å². The average molecular weight is 538 g/mol. The van der Waals surface area contributed by atoms with Crippen LogP contribution in [0.3, 0.4) is 0 Å². The van der Waals surface area contributed by atoms with Crippen molar-refractivity contribution in [2.75, 3.05) is 6.54 Å². The van der Waals surface area contributed by atoms with Gasteiger partial charge in [-0.2, -0.15) is 0 Å². The van der Waals surface area contributed by atoms with Crippen molar-refractivity contribution in [2.24, 2.45) is 7.05 Å². The smallest absolute Gasteiger partial charge is 0.256 e. The number of carbonyl (C=O) groups is 1. The summed E-state index contributed by atoms with van der Waals surface area (Å²) in [6, 6.07) is 3.91. The number of aromatic amines is 1. The summed E-state index contributed by atoms with van der Waals surface area (Å²) in [6.45, 7) is 6.40. The Bertz CT molecular complexity index is 1230. The monoisotopic (exact) mass is 537 g/mol. The molecule has 9 heteroatoms. The van der Waals surface area contributed by atoms with Gasteiger partial charge in [-0.3, -0.25) is 9.59 Å². The maximum atomic E-state index is 13.5. The number of nitrogens with one attached hydrogen (secondary N) is 1. The highest BCUT2D eigenvalue weighted by molar-refractivity contribution is 14.1. The molecule has 30 heavy (non-hydrogen) atoms. The van der Waals surface area contributed by atoms with Gasteiger partial charge in [-0.05, 0) is 73.0 Å². The fraction of sp³-hybridized carbons (Fsp3) is 0.333. The molecule has 0 fully saturated rings. The molecule has 0 unspecified atom stereocenters. The van der Waals surface area contributed by atoms with Crippen molar-refractivity contribution in [3.05, 3.63) is 64.7 Å². The lowest BCUT2D eigenvalue weighted by Gasteiger charge is -2.31. The highest BCUT2D eigenvalue weighted by atomic mass is 127. The predicted octanol–water partition coefficient (Wildman–Crippen LogP) is 3.55. The molecule has 0 saturated carbocycles. The van der Waals surface area contributed by atoms with E-state index in [9.17, 15) is 9.59 Å². The van der Waals surface area contributed by atoms with Gasteiger partial charge in [-0.25, -0.2) is 4.68 Å². The normalized spacial score (nSPS) is 13.7. The number of rotatable bonds is 3. The van der Waals surface area contributed by atoms with Gasteiger partial charge in [0.05, 0.1) is 28.5 Å². The molecule has 0 aliphatic carbocycles. The number of halogens is 2. The largest absolute Gasteiger partial charge is 0.334 e. The Balaban J connectivity index is 1.79. The summed E-state index contributed by atoms with van der Waals surface area (Å²) in [5.41, 5.74) is 5.86. The molecule has 1 aromatic carbocycles. The first kappa shape index (κ1) is 21.0. The molecular formula is C21H21ClIN5O2. The Morgan fingerprint density at radius 1 is 1.23 bits per heavy atom. The molecule has 1 aliphatic rings. The van der Waals surface area contributed by atoms with Crippen molar-refractivity contribution in [1.82, 2.24) is 24.9 Å². The summed E-state index contributed by atoms with van der Waals surface area (Å²) in [7, 11) is 1.80. The molecule has 1 aliphatic heterocycles. The van der Waals surface area contributed by atoms with Gasteiger partial charge in [0, 0.05) is 34.0 Å². The SMILES string of the molecule is Cc1cc(C)c(CN2CCc3c(I)cc(-c4c(C)nnn4C)c(Cl)c3C2=O)c(=O)[nH]1. The van der Waals surface area contributed by atoms with Crippen LogP contribution in [0.5, 0.6) is 0 Å². The van der Waals surface area contributed by atoms with E-state index >= 15 is 0 Å². The van der Waals surface area contributed by atoms with Crippen molar-refractivity contribution in [3.63, 3.8) is 0 Å². The predicted molar refractivity (Wildman–Crippen MR) is 124 cm³/mol. The molecule has 2 aromatic heterocycles. The lowest BCUT2D eigenvalue weighted by molar-refractivity contribution is 0.0726. The molecule has 1 N–H and O–H groups in total. The van der Waals surface area contributed by atoms with Crippen LogP contribution in [0.2, 0.25) is 5.02 Å². The summed E-state index contributed by atoms with van der Waals surface area (Å²) >= 11 is 9.05. The number of aryl methyl sites for hydroxylation is 4. The Labute approximate surface area is 192 Å². The average Bonchev–Trinajstić information content (AvgIpc) is 3.00. The highest BCUT2D eigenvalue weighted by Crippen LogP contribution is 2.39. The summed E-state index contributed by atoms with van der Waals surface area (Å²) in [4.78, 5) is 30.4. The number of pyridine rings is 1. The van der Waals surface area contributed by atoms with Gasteiger partial charge < -0.3 is 9.88 Å². The van der Waals surface area contributed by atoms with E-state index in [1.54, 1.807) is 16.6 Å². The van der Waals surface area contributed by atoms with Gasteiger partial charge in [-0.1, -0.05) is 16.8 Å². The molecule has 7 nitrogen and oxygen atoms in total. The maximum Gasteiger partial charge on any atom is 0.256 e. The van der Waals surface area contributed by atoms with E-state index < -0.39 is 0 Å². The van der Waals surface area contributed by atoms with Gasteiger partial charge in [0.1, 0.15) is 0 Å². The zero-order chi connectivity index (χ0) is 21.7. The van der Waals surface area contributed by atoms with Crippen LogP contribution >= 0.6 is 34.2 Å². The molecular weight excluding hydrogens is 517 g/mol. The second-order valence-corrected chi connectivity index (χ2v) is 9.18. The molecule has 0 radical (unpaired) electrons. The van der Waals surface area contributed by atoms with Crippen LogP contribution in [0.25, 0.3) is 11.3 Å². The fourth-order valence-electron chi connectivity index (χ4n) is 4.06. The maximum absolute atomic E-state index is 13.5. The molecule has 1 amide bonds. The number of H-pyrrole nitrogens is 1. The van der Waals surface area contributed by atoms with Crippen molar-refractivity contribution < 1.29 is 4.79 Å². The van der Waals surface area contributed by atoms with E-state index in [-0.39, 0.29) is 18.0 Å². The molecule has 0 bridgehead atoms. The van der Waals surface area contributed by atoms with E-state index in [1.807, 2.05) is 32.9 Å². The minimum absolute atomic E-state index is 0.155. The first-order chi connectivity index (χ1) is 14.2. The molecule has 156 valence electrons. The summed E-state index contributed by atoms with van der Waals surface area (Å²) in [5, 5.41) is 8.58. The van der Waals surface area contributed by atoms with Crippen LogP contribution in [0.1, 0.15) is 38.4 Å². The summed E-state index contributed by atoms with van der Waals surface area (Å²) in [5.74, 6) is -0.159. The third kappa shape index (κ3) is 3.45. The molecule has 4 rings (SSSR count). The van der Waals surface area contributed by atoms with Crippen molar-refractivity contribution in [1.29, 1.82) is 0 Å². The standard InChI is InChI=1S/C21H21ClIN5O2/c1-10-7-11(2)24-20(29)15(10)9-28-6-5-13-16(23)8-14(18(22)17(13)21(28)30)19-12(3)25-26-27(19)4/h7-8H,5-6,9H2,1-4H3,(H,24,29). The van der Waals surface area contributed by atoms with Crippen LogP contribution in [-0.2, 0) is 20.0 Å². The highest BCUT2D eigenvalue weighted by Gasteiger charge is 2.31. The molecule has 3 aromatic rings. The van der Waals surface area contributed by atoms with E-state index in [1.165, 1.54) is 0 Å². The van der Waals surface area contributed by atoms with Crippen molar-refractivity contribution >= 4 is 40.1 Å². The lowest BCUT2D eigenvalue weighted by Crippen LogP contribution is -2.39. The molecule has 3 heterocycles. The number of nitrogens with zero attached hydrogens (tertiary/aromatic N) is 4. The number of amides is 1. The molecule has 0 atom stereocenters. The Hall–Kier alpha value is -2.20. The van der Waals surface area contributed by atoms with Crippen LogP contribution < -0.4 is 5.56 Å². The van der Waals surface area contributed by atoms with Crippen molar-refractivity contribution in [3.8, 4) is 11.3 Å². The number of hydrogen-bond acceptors (Lipinski definition) is 4. The van der Waals surface area contributed by atoms with E-state index in [2.05, 4.69) is 37.9 Å². The number of hydrogen-bond donors (Lipinski definition) is 1. The number of fused-ring (bicyclic) bond motifs is 1. The third-order valence-electron chi connectivity index (χ3n) is 5.54. The Morgan fingerprint density at radius 2 is 1.97 bits per heavy atom. The second kappa shape index (κ2) is 7.81. The lowest BCUT2D eigenvalue weighted by atomic mass is 9.94. The second-order valence-electron chi connectivity index (χ2n) is 7.64. The van der Waals surface area contributed by atoms with Gasteiger partial charge in [0.25, 0.3) is 11.5 Å². The van der Waals surface area contributed by atoms with Crippen molar-refractivity contribution in [2.45, 2.75) is 33.7 Å². The molecule has 0 saturated heterocycles. The minimum Gasteiger partial charge on any atom is -0.334 e. The number of aromatic nitrogens is 4. The third-order valence-corrected chi connectivity index (χ3v) is 6.90. The van der Waals surface area contributed by atoms with Gasteiger partial charge in [-0.15, -0.1) is 5.10 Å². The number of carbonyl (C=O) groups excluding carboxylic acids is 1. The van der Waals surface area contributed by atoms with Gasteiger partial charge in [0.15, 0.2) is 0 Å². The Morgan fingerprint density at radius 3 is 2.60 bits per heavy atom. The summed E-state index contributed by atoms with van der Waals surface area (Å²) < 4.78 is 2.65. The van der Waals surface area contributed by atoms with Crippen LogP contribution in [-0.4, -0.2) is 37.3 Å². The van der Waals surface area contributed by atoms with E-state index in [0.29, 0.717) is 29.1 Å². The minimum atomic E-state index is -0.159. The van der Waals surface area contributed by atoms with Crippen LogP contribution in [0, 0.1) is 24.3 Å². The number of benzene rings is 1. The van der Waals surface area contributed by atoms with Crippen LogP contribution in [0.4, 0.5) is 0 Å². The zero-order valence-electron chi connectivity index (χ0n) is 17.1. The van der Waals surface area contributed by atoms with E-state index in [4.69, 9.17) is 11.6 Å². The zero-order valence-corrected chi connectivity index (χ0v) is 20.1. The fourth-order valence-corrected chi connectivity index (χ4v) is 5.25. The van der Waals surface area contributed by atoms with Gasteiger partial charge >= 0.3 is 0 Å². The Kier molecular flexibility index (Phi) is 5.48. The van der Waals surface area contributed by atoms with Gasteiger partial charge in [0.2, 0.25) is 0 Å². The first-order valence-corrected chi connectivity index (χ1v) is 11.0. The quantitative estimate of drug-likeness (QED) is 0.518. The molecule has 0 spiro atoms.